The van der Waals surface area contributed by atoms with E-state index in [1.165, 1.54) is 30.4 Å². The average Bonchev–Trinajstić information content (AvgIpc) is 2.28. The summed E-state index contributed by atoms with van der Waals surface area (Å²) in [4.78, 5) is 0. The van der Waals surface area contributed by atoms with Crippen LogP contribution >= 0.6 is 0 Å². The molecule has 2 unspecified atom stereocenters. The van der Waals surface area contributed by atoms with E-state index in [1.807, 2.05) is 0 Å². The van der Waals surface area contributed by atoms with E-state index in [1.54, 1.807) is 0 Å². The van der Waals surface area contributed by atoms with Crippen molar-refractivity contribution in [3.8, 4) is 0 Å². The highest BCUT2D eigenvalue weighted by Crippen LogP contribution is 2.48. The molecule has 1 fully saturated rings. The Balaban J connectivity index is 2.46. The van der Waals surface area contributed by atoms with Crippen LogP contribution < -0.4 is 5.73 Å². The van der Waals surface area contributed by atoms with Gasteiger partial charge in [-0.05, 0) is 42.2 Å². The number of benzene rings is 1. The van der Waals surface area contributed by atoms with Gasteiger partial charge in [0.2, 0.25) is 0 Å². The van der Waals surface area contributed by atoms with Crippen molar-refractivity contribution >= 4 is 0 Å². The van der Waals surface area contributed by atoms with Gasteiger partial charge in [-0.25, -0.2) is 0 Å². The summed E-state index contributed by atoms with van der Waals surface area (Å²) >= 11 is 0. The first-order valence-corrected chi connectivity index (χ1v) is 7.21. The van der Waals surface area contributed by atoms with Gasteiger partial charge in [-0.3, -0.25) is 0 Å². The maximum atomic E-state index is 6.91. The van der Waals surface area contributed by atoms with Crippen molar-refractivity contribution in [2.24, 2.45) is 17.1 Å². The van der Waals surface area contributed by atoms with Gasteiger partial charge in [0.05, 0.1) is 0 Å². The van der Waals surface area contributed by atoms with Gasteiger partial charge < -0.3 is 5.73 Å². The van der Waals surface area contributed by atoms with E-state index in [9.17, 15) is 0 Å². The van der Waals surface area contributed by atoms with Crippen LogP contribution in [-0.2, 0) is 5.54 Å². The van der Waals surface area contributed by atoms with Crippen LogP contribution in [0.15, 0.2) is 24.3 Å². The lowest BCUT2D eigenvalue weighted by atomic mass is 9.59. The molecule has 0 amide bonds. The minimum atomic E-state index is -0.137. The van der Waals surface area contributed by atoms with Gasteiger partial charge in [0, 0.05) is 5.54 Å². The van der Waals surface area contributed by atoms with E-state index in [-0.39, 0.29) is 11.0 Å². The summed E-state index contributed by atoms with van der Waals surface area (Å²) in [6.45, 7) is 9.20. The molecule has 100 valence electrons. The molecule has 2 N–H and O–H groups in total. The van der Waals surface area contributed by atoms with Crippen LogP contribution in [0.4, 0.5) is 0 Å². The van der Waals surface area contributed by atoms with E-state index >= 15 is 0 Å². The molecule has 0 heterocycles. The Kier molecular flexibility index (Phi) is 3.55. The van der Waals surface area contributed by atoms with Crippen molar-refractivity contribution in [3.05, 3.63) is 35.4 Å². The zero-order valence-electron chi connectivity index (χ0n) is 12.3. The molecule has 2 atom stereocenters. The molecule has 1 aromatic carbocycles. The van der Waals surface area contributed by atoms with Gasteiger partial charge in [-0.1, -0.05) is 57.9 Å². The van der Waals surface area contributed by atoms with Crippen LogP contribution in [0.5, 0.6) is 0 Å². The molecule has 1 nitrogen and oxygen atoms in total. The predicted octanol–water partition coefficient (Wildman–Crippen LogP) is 4.39. The van der Waals surface area contributed by atoms with Gasteiger partial charge >= 0.3 is 0 Å². The monoisotopic (exact) mass is 245 g/mol. The second-order valence-corrected chi connectivity index (χ2v) is 7.02. The van der Waals surface area contributed by atoms with Crippen molar-refractivity contribution in [1.29, 1.82) is 0 Å². The number of hydrogen-bond acceptors (Lipinski definition) is 1. The lowest BCUT2D eigenvalue weighted by Gasteiger charge is -2.49. The maximum Gasteiger partial charge on any atom is 0.0445 e. The van der Waals surface area contributed by atoms with Gasteiger partial charge in [-0.2, -0.15) is 0 Å². The van der Waals surface area contributed by atoms with Crippen LogP contribution in [0.25, 0.3) is 0 Å². The quantitative estimate of drug-likeness (QED) is 0.780. The lowest BCUT2D eigenvalue weighted by molar-refractivity contribution is 0.0774. The van der Waals surface area contributed by atoms with Crippen molar-refractivity contribution < 1.29 is 0 Å². The van der Waals surface area contributed by atoms with E-state index in [0.717, 1.165) is 6.42 Å². The first-order chi connectivity index (χ1) is 8.36. The van der Waals surface area contributed by atoms with Crippen LogP contribution in [0, 0.1) is 18.3 Å². The van der Waals surface area contributed by atoms with Crippen molar-refractivity contribution in [2.75, 3.05) is 0 Å². The zero-order valence-corrected chi connectivity index (χ0v) is 12.3. The molecule has 1 aliphatic rings. The lowest BCUT2D eigenvalue weighted by Crippen LogP contribution is -2.51. The number of nitrogens with two attached hydrogens (primary N) is 1. The van der Waals surface area contributed by atoms with Crippen LogP contribution in [0.2, 0.25) is 0 Å². The molecule has 0 bridgehead atoms. The molecule has 0 saturated heterocycles. The summed E-state index contributed by atoms with van der Waals surface area (Å²) in [6, 6.07) is 8.67. The summed E-state index contributed by atoms with van der Waals surface area (Å²) < 4.78 is 0. The summed E-state index contributed by atoms with van der Waals surface area (Å²) in [5, 5.41) is 0. The summed E-state index contributed by atoms with van der Waals surface area (Å²) in [7, 11) is 0. The van der Waals surface area contributed by atoms with Gasteiger partial charge in [0.25, 0.3) is 0 Å². The Morgan fingerprint density at radius 2 is 1.83 bits per heavy atom. The molecular weight excluding hydrogens is 218 g/mol. The first kappa shape index (κ1) is 13.6. The average molecular weight is 245 g/mol. The summed E-state index contributed by atoms with van der Waals surface area (Å²) in [6.07, 6.45) is 4.97. The maximum absolute atomic E-state index is 6.91. The zero-order chi connectivity index (χ0) is 13.4. The minimum Gasteiger partial charge on any atom is -0.321 e. The van der Waals surface area contributed by atoms with Crippen LogP contribution in [0.3, 0.4) is 0 Å². The number of rotatable bonds is 1. The number of hydrogen-bond donors (Lipinski definition) is 1. The van der Waals surface area contributed by atoms with Crippen molar-refractivity contribution in [3.63, 3.8) is 0 Å². The second-order valence-electron chi connectivity index (χ2n) is 7.02. The Hall–Kier alpha value is -0.820. The molecule has 18 heavy (non-hydrogen) atoms. The van der Waals surface area contributed by atoms with E-state index in [2.05, 4.69) is 52.0 Å². The predicted molar refractivity (Wildman–Crippen MR) is 78.5 cm³/mol. The molecule has 2 rings (SSSR count). The third kappa shape index (κ3) is 2.33. The molecule has 1 aliphatic carbocycles. The SMILES string of the molecule is Cc1ccccc1C1(N)CCCCC1C(C)(C)C. The van der Waals surface area contributed by atoms with Crippen molar-refractivity contribution in [2.45, 2.75) is 58.9 Å². The fourth-order valence-corrected chi connectivity index (χ4v) is 3.82. The van der Waals surface area contributed by atoms with Gasteiger partial charge in [0.1, 0.15) is 0 Å². The molecule has 0 aliphatic heterocycles. The molecule has 0 spiro atoms. The van der Waals surface area contributed by atoms with Crippen molar-refractivity contribution in [1.82, 2.24) is 0 Å². The Morgan fingerprint density at radius 1 is 1.17 bits per heavy atom. The van der Waals surface area contributed by atoms with E-state index < -0.39 is 0 Å². The summed E-state index contributed by atoms with van der Waals surface area (Å²) in [5.41, 5.74) is 9.76. The third-order valence-electron chi connectivity index (χ3n) is 4.65. The molecular formula is C17H27N. The minimum absolute atomic E-state index is 0.137. The van der Waals surface area contributed by atoms with E-state index in [4.69, 9.17) is 5.73 Å². The highest BCUT2D eigenvalue weighted by atomic mass is 14.8. The first-order valence-electron chi connectivity index (χ1n) is 7.21. The fourth-order valence-electron chi connectivity index (χ4n) is 3.82. The molecule has 0 aromatic heterocycles. The fraction of sp³-hybridized carbons (Fsp3) is 0.647. The van der Waals surface area contributed by atoms with Crippen LogP contribution in [-0.4, -0.2) is 0 Å². The standard InChI is InChI=1S/C17H27N/c1-13-9-5-6-10-14(13)17(18)12-8-7-11-15(17)16(2,3)4/h5-6,9-10,15H,7-8,11-12,18H2,1-4H3. The topological polar surface area (TPSA) is 26.0 Å². The Labute approximate surface area is 112 Å². The highest BCUT2D eigenvalue weighted by Gasteiger charge is 2.44. The molecule has 1 aromatic rings. The molecule has 1 saturated carbocycles. The van der Waals surface area contributed by atoms with E-state index in [0.29, 0.717) is 5.92 Å². The second kappa shape index (κ2) is 4.70. The van der Waals surface area contributed by atoms with Crippen LogP contribution in [0.1, 0.15) is 57.6 Å². The largest absolute Gasteiger partial charge is 0.321 e. The third-order valence-corrected chi connectivity index (χ3v) is 4.65. The Bertz CT molecular complexity index is 416. The highest BCUT2D eigenvalue weighted by molar-refractivity contribution is 5.34. The van der Waals surface area contributed by atoms with Gasteiger partial charge in [-0.15, -0.1) is 0 Å². The number of aryl methyl sites for hydroxylation is 1. The smallest absolute Gasteiger partial charge is 0.0445 e. The summed E-state index contributed by atoms with van der Waals surface area (Å²) in [5.74, 6) is 0.569. The Morgan fingerprint density at radius 3 is 2.44 bits per heavy atom. The normalized spacial score (nSPS) is 29.3. The van der Waals surface area contributed by atoms with Gasteiger partial charge in [0.15, 0.2) is 0 Å². The molecule has 1 heteroatoms. The molecule has 0 radical (unpaired) electrons.